The number of aliphatic carboxylic acids is 1. The van der Waals surface area contributed by atoms with Gasteiger partial charge in [0, 0.05) is 46.2 Å². The normalized spacial score (nSPS) is 10.8. The fourth-order valence-corrected chi connectivity index (χ4v) is 2.73. The standard InChI is InChI=1S/C15H14N6O3S/c1-20-4-3-12(19-20)9-5-10(7-11(6-9)21(2)24)14-16-15(18-17-14)25-8-13(22)23/h3-7H,8H2,1-2H3,(H-,16,17,18,22,23)/p+1. The van der Waals surface area contributed by atoms with E-state index < -0.39 is 5.97 Å². The zero-order valence-electron chi connectivity index (χ0n) is 13.5. The van der Waals surface area contributed by atoms with Gasteiger partial charge in [0.15, 0.2) is 12.9 Å². The molecule has 3 aromatic rings. The molecule has 0 bridgehead atoms. The fraction of sp³-hybridized carbons (Fsp3) is 0.200. The highest BCUT2D eigenvalue weighted by molar-refractivity contribution is 7.99. The summed E-state index contributed by atoms with van der Waals surface area (Å²) in [6.07, 6.45) is 1.82. The summed E-state index contributed by atoms with van der Waals surface area (Å²) in [7, 11) is 3.23. The van der Waals surface area contributed by atoms with Crippen LogP contribution in [0.5, 0.6) is 0 Å². The van der Waals surface area contributed by atoms with E-state index in [1.807, 2.05) is 25.4 Å². The highest BCUT2D eigenvalue weighted by atomic mass is 32.2. The van der Waals surface area contributed by atoms with Gasteiger partial charge in [-0.2, -0.15) is 5.10 Å². The van der Waals surface area contributed by atoms with E-state index in [4.69, 9.17) is 5.11 Å². The van der Waals surface area contributed by atoms with Crippen molar-refractivity contribution < 1.29 is 14.7 Å². The summed E-state index contributed by atoms with van der Waals surface area (Å²) in [5.41, 5.74) is 2.62. The number of thioether (sulfide) groups is 1. The number of aryl methyl sites for hydroxylation is 1. The maximum Gasteiger partial charge on any atom is 0.313 e. The van der Waals surface area contributed by atoms with Gasteiger partial charge in [0.2, 0.25) is 5.16 Å². The topological polar surface area (TPSA) is 117 Å². The first-order valence-corrected chi connectivity index (χ1v) is 8.24. The van der Waals surface area contributed by atoms with Crippen LogP contribution in [0.1, 0.15) is 0 Å². The number of aromatic amines is 1. The van der Waals surface area contributed by atoms with Gasteiger partial charge in [0.1, 0.15) is 0 Å². The van der Waals surface area contributed by atoms with Crippen molar-refractivity contribution in [3.05, 3.63) is 35.4 Å². The maximum absolute atomic E-state index is 11.8. The number of nitrogens with zero attached hydrogens (tertiary/aromatic N) is 5. The van der Waals surface area contributed by atoms with Gasteiger partial charge in [-0.1, -0.05) is 11.8 Å². The Bertz CT molecular complexity index is 948. The first-order valence-electron chi connectivity index (χ1n) is 7.25. The second kappa shape index (κ2) is 6.85. The number of carboxylic acids is 1. The van der Waals surface area contributed by atoms with Gasteiger partial charge >= 0.3 is 5.97 Å². The number of nitrogens with one attached hydrogen (secondary N) is 1. The molecule has 0 aliphatic carbocycles. The van der Waals surface area contributed by atoms with Crippen LogP contribution in [-0.4, -0.2) is 53.6 Å². The minimum Gasteiger partial charge on any atom is -0.481 e. The predicted molar refractivity (Wildman–Crippen MR) is 91.6 cm³/mol. The van der Waals surface area contributed by atoms with Crippen LogP contribution in [0.4, 0.5) is 5.69 Å². The van der Waals surface area contributed by atoms with Gasteiger partial charge in [-0.3, -0.25) is 14.6 Å². The number of H-pyrrole nitrogens is 1. The van der Waals surface area contributed by atoms with Crippen molar-refractivity contribution in [2.75, 3.05) is 12.8 Å². The molecule has 10 heteroatoms. The van der Waals surface area contributed by atoms with Gasteiger partial charge in [0.25, 0.3) is 5.69 Å². The molecule has 2 heterocycles. The van der Waals surface area contributed by atoms with Crippen LogP contribution >= 0.6 is 11.8 Å². The summed E-state index contributed by atoms with van der Waals surface area (Å²) in [5.74, 6) is -0.614. The Labute approximate surface area is 146 Å². The van der Waals surface area contributed by atoms with Crippen LogP contribution in [0.3, 0.4) is 0 Å². The quantitative estimate of drug-likeness (QED) is 0.511. The van der Waals surface area contributed by atoms with E-state index in [1.165, 1.54) is 7.05 Å². The van der Waals surface area contributed by atoms with Gasteiger partial charge in [-0.25, -0.2) is 4.98 Å². The molecule has 2 aromatic heterocycles. The van der Waals surface area contributed by atoms with Crippen molar-refractivity contribution in [3.63, 3.8) is 0 Å². The lowest BCUT2D eigenvalue weighted by Crippen LogP contribution is -1.97. The molecule has 0 fully saturated rings. The smallest absolute Gasteiger partial charge is 0.313 e. The summed E-state index contributed by atoms with van der Waals surface area (Å²) in [4.78, 5) is 26.7. The number of hydrogen-bond donors (Lipinski definition) is 2. The van der Waals surface area contributed by atoms with Crippen molar-refractivity contribution in [1.29, 1.82) is 0 Å². The summed E-state index contributed by atoms with van der Waals surface area (Å²) in [6, 6.07) is 7.13. The monoisotopic (exact) mass is 359 g/mol. The molecular formula is C15H15N6O3S+. The molecule has 0 atom stereocenters. The van der Waals surface area contributed by atoms with Crippen LogP contribution in [0.15, 0.2) is 35.6 Å². The Morgan fingerprint density at radius 3 is 2.76 bits per heavy atom. The van der Waals surface area contributed by atoms with Crippen molar-refractivity contribution in [2.24, 2.45) is 7.05 Å². The Morgan fingerprint density at radius 2 is 2.12 bits per heavy atom. The molecule has 0 aliphatic rings. The number of aromatic nitrogens is 5. The minimum atomic E-state index is -0.941. The average Bonchev–Trinajstić information content (AvgIpc) is 3.21. The van der Waals surface area contributed by atoms with E-state index in [0.717, 1.165) is 27.8 Å². The first kappa shape index (κ1) is 16.8. The number of benzene rings is 1. The number of carbonyl (C=O) groups is 1. The fourth-order valence-electron chi connectivity index (χ4n) is 2.21. The second-order valence-electron chi connectivity index (χ2n) is 5.29. The molecule has 2 N–H and O–H groups in total. The molecule has 3 rings (SSSR count). The molecule has 1 aromatic carbocycles. The summed E-state index contributed by atoms with van der Waals surface area (Å²) >= 11 is 1.02. The van der Waals surface area contributed by atoms with Gasteiger partial charge < -0.3 is 5.11 Å². The average molecular weight is 359 g/mol. The van der Waals surface area contributed by atoms with E-state index in [-0.39, 0.29) is 5.75 Å². The van der Waals surface area contributed by atoms with Crippen molar-refractivity contribution in [3.8, 4) is 22.6 Å². The number of rotatable bonds is 6. The molecule has 128 valence electrons. The van der Waals surface area contributed by atoms with E-state index in [0.29, 0.717) is 22.2 Å². The third kappa shape index (κ3) is 3.91. The van der Waals surface area contributed by atoms with Crippen LogP contribution in [0.25, 0.3) is 22.6 Å². The summed E-state index contributed by atoms with van der Waals surface area (Å²) in [6.45, 7) is 0. The Morgan fingerprint density at radius 1 is 1.36 bits per heavy atom. The third-order valence-corrected chi connectivity index (χ3v) is 4.19. The maximum atomic E-state index is 11.8. The van der Waals surface area contributed by atoms with Crippen molar-refractivity contribution >= 4 is 23.4 Å². The third-order valence-electron chi connectivity index (χ3n) is 3.35. The highest BCUT2D eigenvalue weighted by Gasteiger charge is 2.16. The molecule has 0 saturated carbocycles. The van der Waals surface area contributed by atoms with E-state index in [2.05, 4.69) is 20.3 Å². The van der Waals surface area contributed by atoms with E-state index in [1.54, 1.807) is 16.8 Å². The lowest BCUT2D eigenvalue weighted by molar-refractivity contribution is -0.428. The second-order valence-corrected chi connectivity index (χ2v) is 6.23. The molecule has 0 aliphatic heterocycles. The van der Waals surface area contributed by atoms with E-state index >= 15 is 0 Å². The Balaban J connectivity index is 1.99. The molecule has 25 heavy (non-hydrogen) atoms. The Hall–Kier alpha value is -3.01. The van der Waals surface area contributed by atoms with Gasteiger partial charge in [-0.05, 0) is 12.1 Å². The summed E-state index contributed by atoms with van der Waals surface area (Å²) < 4.78 is 2.43. The molecular weight excluding hydrogens is 344 g/mol. The SMILES string of the molecule is Cn1ccc(-c2cc(-c3nc(SCC(=O)O)n[nH]3)cc([N+](C)=O)c2)n1. The van der Waals surface area contributed by atoms with Crippen molar-refractivity contribution in [2.45, 2.75) is 5.16 Å². The minimum absolute atomic E-state index is 0.125. The van der Waals surface area contributed by atoms with Crippen molar-refractivity contribution in [1.82, 2.24) is 25.0 Å². The molecule has 0 amide bonds. The lowest BCUT2D eigenvalue weighted by Gasteiger charge is -2.01. The summed E-state index contributed by atoms with van der Waals surface area (Å²) in [5, 5.41) is 20.2. The van der Waals surface area contributed by atoms with Crippen LogP contribution < -0.4 is 0 Å². The molecule has 9 nitrogen and oxygen atoms in total. The highest BCUT2D eigenvalue weighted by Crippen LogP contribution is 2.29. The molecule has 0 spiro atoms. The number of carboxylic acid groups (broad SMARTS) is 1. The molecule has 0 radical (unpaired) electrons. The number of nitroso groups, excluding NO2 is 1. The lowest BCUT2D eigenvalue weighted by atomic mass is 10.1. The van der Waals surface area contributed by atoms with E-state index in [9.17, 15) is 9.70 Å². The zero-order valence-corrected chi connectivity index (χ0v) is 14.3. The molecule has 0 saturated heterocycles. The molecule has 0 unspecified atom stereocenters. The van der Waals surface area contributed by atoms with Gasteiger partial charge in [-0.15, -0.1) is 5.10 Å². The Kier molecular flexibility index (Phi) is 4.61. The van der Waals surface area contributed by atoms with Crippen LogP contribution in [-0.2, 0) is 11.8 Å². The first-order chi connectivity index (χ1) is 11.9. The number of hydrogen-bond acceptors (Lipinski definition) is 6. The zero-order chi connectivity index (χ0) is 18.0. The van der Waals surface area contributed by atoms with Gasteiger partial charge in [0.05, 0.1) is 11.4 Å². The largest absolute Gasteiger partial charge is 0.481 e. The van der Waals surface area contributed by atoms with Crippen LogP contribution in [0.2, 0.25) is 0 Å². The predicted octanol–water partition coefficient (Wildman–Crippen LogP) is 2.09. The van der Waals surface area contributed by atoms with Crippen LogP contribution in [0, 0.1) is 4.91 Å².